The smallest absolute Gasteiger partial charge is 0.440 e. The average Bonchev–Trinajstić information content (AvgIpc) is 2.26. The van der Waals surface area contributed by atoms with Gasteiger partial charge in [-0.25, -0.2) is 4.79 Å². The molecule has 0 saturated heterocycles. The van der Waals surface area contributed by atoms with Crippen LogP contribution in [0.2, 0.25) is 0 Å². The highest BCUT2D eigenvalue weighted by Gasteiger charge is 2.31. The fourth-order valence-corrected chi connectivity index (χ4v) is 1.36. The molecular formula is C11H9F3N2O3. The molecule has 1 atom stereocenters. The van der Waals surface area contributed by atoms with Crippen LogP contribution in [0, 0.1) is 11.3 Å². The van der Waals surface area contributed by atoms with Crippen molar-refractivity contribution in [3.63, 3.8) is 0 Å². The van der Waals surface area contributed by atoms with Crippen LogP contribution < -0.4 is 10.5 Å². The van der Waals surface area contributed by atoms with E-state index in [-0.39, 0.29) is 12.0 Å². The number of alkyl halides is 3. The van der Waals surface area contributed by atoms with E-state index in [4.69, 9.17) is 11.0 Å². The van der Waals surface area contributed by atoms with Crippen LogP contribution in [0.4, 0.5) is 18.0 Å². The Balaban J connectivity index is 2.95. The van der Waals surface area contributed by atoms with Gasteiger partial charge in [-0.2, -0.15) is 5.26 Å². The Hall–Kier alpha value is -2.43. The molecule has 1 rings (SSSR count). The van der Waals surface area contributed by atoms with Crippen molar-refractivity contribution < 1.29 is 27.4 Å². The maximum absolute atomic E-state index is 12.1. The molecule has 0 aliphatic heterocycles. The molecule has 0 aromatic heterocycles. The fourth-order valence-electron chi connectivity index (χ4n) is 1.36. The third-order valence-electron chi connectivity index (χ3n) is 2.00. The van der Waals surface area contributed by atoms with Gasteiger partial charge in [0.2, 0.25) is 0 Å². The van der Waals surface area contributed by atoms with Gasteiger partial charge < -0.3 is 15.2 Å². The minimum Gasteiger partial charge on any atom is -0.440 e. The minimum absolute atomic E-state index is 0.183. The van der Waals surface area contributed by atoms with E-state index in [1.54, 1.807) is 6.07 Å². The second-order valence-corrected chi connectivity index (χ2v) is 3.41. The average molecular weight is 274 g/mol. The fraction of sp³-hybridized carbons (Fsp3) is 0.273. The van der Waals surface area contributed by atoms with Crippen molar-refractivity contribution in [3.8, 4) is 11.8 Å². The molecule has 0 bridgehead atoms. The molecule has 19 heavy (non-hydrogen) atoms. The first-order valence-electron chi connectivity index (χ1n) is 5.00. The van der Waals surface area contributed by atoms with Crippen LogP contribution in [-0.4, -0.2) is 12.5 Å². The predicted octanol–water partition coefficient (Wildman–Crippen LogP) is 2.64. The molecule has 2 N–H and O–H groups in total. The van der Waals surface area contributed by atoms with E-state index < -0.39 is 24.3 Å². The summed E-state index contributed by atoms with van der Waals surface area (Å²) in [5.74, 6) is -0.471. The number of ether oxygens (including phenoxy) is 2. The van der Waals surface area contributed by atoms with Gasteiger partial charge in [-0.15, -0.1) is 13.2 Å². The first-order chi connectivity index (χ1) is 8.81. The predicted molar refractivity (Wildman–Crippen MR) is 56.8 cm³/mol. The quantitative estimate of drug-likeness (QED) is 0.914. The number of hydrogen-bond donors (Lipinski definition) is 1. The van der Waals surface area contributed by atoms with E-state index in [9.17, 15) is 18.0 Å². The van der Waals surface area contributed by atoms with Gasteiger partial charge in [0.25, 0.3) is 0 Å². The zero-order chi connectivity index (χ0) is 14.5. The van der Waals surface area contributed by atoms with Crippen molar-refractivity contribution >= 4 is 6.09 Å². The second-order valence-electron chi connectivity index (χ2n) is 3.41. The molecule has 0 radical (unpaired) electrons. The lowest BCUT2D eigenvalue weighted by atomic mass is 10.1. The highest BCUT2D eigenvalue weighted by molar-refractivity contribution is 5.65. The largest absolute Gasteiger partial charge is 0.573 e. The maximum atomic E-state index is 12.1. The number of nitriles is 1. The summed E-state index contributed by atoms with van der Waals surface area (Å²) >= 11 is 0. The van der Waals surface area contributed by atoms with Gasteiger partial charge >= 0.3 is 12.5 Å². The van der Waals surface area contributed by atoms with E-state index in [1.165, 1.54) is 12.1 Å². The van der Waals surface area contributed by atoms with Crippen LogP contribution in [-0.2, 0) is 4.74 Å². The van der Waals surface area contributed by atoms with E-state index in [0.29, 0.717) is 0 Å². The molecule has 102 valence electrons. The Labute approximate surface area is 106 Å². The van der Waals surface area contributed by atoms with Crippen LogP contribution in [0.1, 0.15) is 18.1 Å². The molecule has 0 aliphatic rings. The van der Waals surface area contributed by atoms with Crippen LogP contribution >= 0.6 is 0 Å². The standard InChI is InChI=1S/C11H9F3N2O3/c12-11(13,14)19-8-3-1-2-7(6-8)9(4-5-15)18-10(16)17/h1-3,6,9H,4H2,(H2,16,17). The number of hydrogen-bond acceptors (Lipinski definition) is 4. The first kappa shape index (κ1) is 14.6. The normalized spacial score (nSPS) is 12.3. The molecule has 0 heterocycles. The first-order valence-corrected chi connectivity index (χ1v) is 5.00. The van der Waals surface area contributed by atoms with Gasteiger partial charge in [0.05, 0.1) is 12.5 Å². The lowest BCUT2D eigenvalue weighted by molar-refractivity contribution is -0.274. The summed E-state index contributed by atoms with van der Waals surface area (Å²) in [6, 6.07) is 6.54. The summed E-state index contributed by atoms with van der Waals surface area (Å²) in [5.41, 5.74) is 5.00. The summed E-state index contributed by atoms with van der Waals surface area (Å²) < 4.78 is 44.5. The zero-order valence-electron chi connectivity index (χ0n) is 9.48. The number of amides is 1. The Bertz CT molecular complexity index is 497. The van der Waals surface area contributed by atoms with E-state index in [2.05, 4.69) is 9.47 Å². The monoisotopic (exact) mass is 274 g/mol. The number of halogens is 3. The zero-order valence-corrected chi connectivity index (χ0v) is 9.48. The molecule has 0 fully saturated rings. The number of rotatable bonds is 4. The summed E-state index contributed by atoms with van der Waals surface area (Å²) in [7, 11) is 0. The van der Waals surface area contributed by atoms with Crippen LogP contribution in [0.5, 0.6) is 5.75 Å². The number of nitrogens with zero attached hydrogens (tertiary/aromatic N) is 1. The molecule has 1 amide bonds. The van der Waals surface area contributed by atoms with E-state index >= 15 is 0 Å². The van der Waals surface area contributed by atoms with Crippen molar-refractivity contribution in [2.75, 3.05) is 0 Å². The van der Waals surface area contributed by atoms with Crippen molar-refractivity contribution in [1.82, 2.24) is 0 Å². The molecule has 1 unspecified atom stereocenters. The molecule has 0 spiro atoms. The highest BCUT2D eigenvalue weighted by atomic mass is 19.4. The van der Waals surface area contributed by atoms with Gasteiger partial charge in [0.1, 0.15) is 11.9 Å². The third kappa shape index (κ3) is 5.16. The van der Waals surface area contributed by atoms with Gasteiger partial charge in [-0.3, -0.25) is 0 Å². The topological polar surface area (TPSA) is 85.3 Å². The highest BCUT2D eigenvalue weighted by Crippen LogP contribution is 2.28. The molecule has 0 aliphatic carbocycles. The third-order valence-corrected chi connectivity index (χ3v) is 2.00. The van der Waals surface area contributed by atoms with Crippen LogP contribution in [0.25, 0.3) is 0 Å². The summed E-state index contributed by atoms with van der Waals surface area (Å²) in [6.45, 7) is 0. The van der Waals surface area contributed by atoms with E-state index in [0.717, 1.165) is 12.1 Å². The number of benzene rings is 1. The molecule has 1 aromatic rings. The van der Waals surface area contributed by atoms with E-state index in [1.807, 2.05) is 0 Å². The van der Waals surface area contributed by atoms with Crippen molar-refractivity contribution in [1.29, 1.82) is 5.26 Å². The van der Waals surface area contributed by atoms with Crippen molar-refractivity contribution in [3.05, 3.63) is 29.8 Å². The van der Waals surface area contributed by atoms with Gasteiger partial charge in [-0.1, -0.05) is 12.1 Å². The SMILES string of the molecule is N#CCC(OC(N)=O)c1cccc(OC(F)(F)F)c1. The lowest BCUT2D eigenvalue weighted by Crippen LogP contribution is -2.19. The number of carbonyl (C=O) groups is 1. The molecule has 8 heteroatoms. The Kier molecular flexibility index (Phi) is 4.58. The number of nitrogens with two attached hydrogens (primary N) is 1. The molecule has 5 nitrogen and oxygen atoms in total. The van der Waals surface area contributed by atoms with Crippen molar-refractivity contribution in [2.24, 2.45) is 5.73 Å². The Morgan fingerprint density at radius 2 is 2.16 bits per heavy atom. The van der Waals surface area contributed by atoms with Crippen LogP contribution in [0.15, 0.2) is 24.3 Å². The van der Waals surface area contributed by atoms with Gasteiger partial charge in [-0.05, 0) is 17.7 Å². The second kappa shape index (κ2) is 5.95. The molecule has 0 saturated carbocycles. The Morgan fingerprint density at radius 1 is 1.47 bits per heavy atom. The number of primary amides is 1. The maximum Gasteiger partial charge on any atom is 0.573 e. The van der Waals surface area contributed by atoms with Gasteiger partial charge in [0, 0.05) is 0 Å². The van der Waals surface area contributed by atoms with Crippen LogP contribution in [0.3, 0.4) is 0 Å². The summed E-state index contributed by atoms with van der Waals surface area (Å²) in [6.07, 6.45) is -7.23. The summed E-state index contributed by atoms with van der Waals surface area (Å²) in [4.78, 5) is 10.7. The molecule has 1 aromatic carbocycles. The molecular weight excluding hydrogens is 265 g/mol. The minimum atomic E-state index is -4.83. The summed E-state index contributed by atoms with van der Waals surface area (Å²) in [5, 5.41) is 8.57. The van der Waals surface area contributed by atoms with Crippen molar-refractivity contribution in [2.45, 2.75) is 18.9 Å². The number of carbonyl (C=O) groups excluding carboxylic acids is 1. The lowest BCUT2D eigenvalue weighted by Gasteiger charge is -2.15. The van der Waals surface area contributed by atoms with Gasteiger partial charge in [0.15, 0.2) is 0 Å². The Morgan fingerprint density at radius 3 is 2.68 bits per heavy atom.